The lowest BCUT2D eigenvalue weighted by Crippen LogP contribution is -1.91. The summed E-state index contributed by atoms with van der Waals surface area (Å²) in [7, 11) is 0. The molecule has 2 aromatic rings. The van der Waals surface area contributed by atoms with E-state index < -0.39 is 0 Å². The van der Waals surface area contributed by atoms with Crippen molar-refractivity contribution in [2.24, 2.45) is 0 Å². The predicted octanol–water partition coefficient (Wildman–Crippen LogP) is 3.30. The van der Waals surface area contributed by atoms with Crippen molar-refractivity contribution in [3.8, 4) is 11.5 Å². The Morgan fingerprint density at radius 1 is 1.18 bits per heavy atom. The molecule has 0 radical (unpaired) electrons. The van der Waals surface area contributed by atoms with Gasteiger partial charge in [-0.2, -0.15) is 0 Å². The molecule has 0 saturated heterocycles. The highest BCUT2D eigenvalue weighted by Gasteiger charge is 2.03. The molecule has 0 saturated carbocycles. The van der Waals surface area contributed by atoms with E-state index in [1.54, 1.807) is 18.3 Å². The van der Waals surface area contributed by atoms with Gasteiger partial charge in [0.1, 0.15) is 17.8 Å². The summed E-state index contributed by atoms with van der Waals surface area (Å²) in [4.78, 5) is 14.9. The molecule has 0 aliphatic heterocycles. The summed E-state index contributed by atoms with van der Waals surface area (Å²) >= 11 is 0. The van der Waals surface area contributed by atoms with Crippen LogP contribution in [0.4, 0.5) is 0 Å². The lowest BCUT2D eigenvalue weighted by Gasteiger charge is -2.08. The number of hydrogen-bond acceptors (Lipinski definition) is 3. The van der Waals surface area contributed by atoms with Gasteiger partial charge >= 0.3 is 0 Å². The van der Waals surface area contributed by atoms with E-state index in [0.717, 1.165) is 17.5 Å². The molecule has 17 heavy (non-hydrogen) atoms. The maximum atomic E-state index is 10.7. The minimum atomic E-state index is 0.602. The summed E-state index contributed by atoms with van der Waals surface area (Å²) in [6, 6.07) is 9.09. The summed E-state index contributed by atoms with van der Waals surface area (Å²) < 4.78 is 5.69. The van der Waals surface area contributed by atoms with Crippen LogP contribution in [0, 0.1) is 13.8 Å². The standard InChI is InChI=1S/C14H13NO2/c1-10-3-5-12(9-16)7-14(10)17-13-6-4-11(2)15-8-13/h3-9H,1-2H3. The lowest BCUT2D eigenvalue weighted by molar-refractivity contribution is 0.112. The smallest absolute Gasteiger partial charge is 0.150 e. The first-order chi connectivity index (χ1) is 8.19. The maximum Gasteiger partial charge on any atom is 0.150 e. The van der Waals surface area contributed by atoms with E-state index in [9.17, 15) is 4.79 Å². The average Bonchev–Trinajstić information content (AvgIpc) is 2.35. The fourth-order valence-corrected chi connectivity index (χ4v) is 1.44. The first kappa shape index (κ1) is 11.3. The molecule has 1 heterocycles. The Hall–Kier alpha value is -2.16. The number of aromatic nitrogens is 1. The molecule has 0 spiro atoms. The van der Waals surface area contributed by atoms with E-state index in [1.807, 2.05) is 32.0 Å². The van der Waals surface area contributed by atoms with Crippen molar-refractivity contribution in [2.45, 2.75) is 13.8 Å². The van der Waals surface area contributed by atoms with Crippen LogP contribution in [0.5, 0.6) is 11.5 Å². The number of ether oxygens (including phenoxy) is 1. The highest BCUT2D eigenvalue weighted by Crippen LogP contribution is 2.25. The Bertz CT molecular complexity index is 532. The largest absolute Gasteiger partial charge is 0.455 e. The van der Waals surface area contributed by atoms with E-state index in [0.29, 0.717) is 17.1 Å². The number of aldehydes is 1. The van der Waals surface area contributed by atoms with Crippen LogP contribution in [0.3, 0.4) is 0 Å². The van der Waals surface area contributed by atoms with Gasteiger partial charge in [-0.15, -0.1) is 0 Å². The van der Waals surface area contributed by atoms with E-state index >= 15 is 0 Å². The van der Waals surface area contributed by atoms with E-state index in [4.69, 9.17) is 4.74 Å². The number of benzene rings is 1. The third kappa shape index (κ3) is 2.69. The van der Waals surface area contributed by atoms with Gasteiger partial charge in [-0.3, -0.25) is 9.78 Å². The lowest BCUT2D eigenvalue weighted by atomic mass is 10.1. The summed E-state index contributed by atoms with van der Waals surface area (Å²) in [6.07, 6.45) is 2.47. The van der Waals surface area contributed by atoms with Crippen molar-refractivity contribution in [1.29, 1.82) is 0 Å². The van der Waals surface area contributed by atoms with Crippen molar-refractivity contribution in [3.05, 3.63) is 53.3 Å². The van der Waals surface area contributed by atoms with Gasteiger partial charge in [0, 0.05) is 11.3 Å². The molecule has 2 rings (SSSR count). The van der Waals surface area contributed by atoms with E-state index in [2.05, 4.69) is 4.98 Å². The minimum absolute atomic E-state index is 0.602. The van der Waals surface area contributed by atoms with Crippen LogP contribution in [-0.4, -0.2) is 11.3 Å². The zero-order valence-electron chi connectivity index (χ0n) is 9.81. The van der Waals surface area contributed by atoms with Gasteiger partial charge in [0.25, 0.3) is 0 Å². The zero-order valence-corrected chi connectivity index (χ0v) is 9.81. The first-order valence-electron chi connectivity index (χ1n) is 5.35. The third-order valence-corrected chi connectivity index (χ3v) is 2.46. The molecule has 0 amide bonds. The SMILES string of the molecule is Cc1ccc(Oc2cc(C=O)ccc2C)cn1. The number of carbonyl (C=O) groups is 1. The van der Waals surface area contributed by atoms with Gasteiger partial charge in [0.15, 0.2) is 0 Å². The van der Waals surface area contributed by atoms with Crippen LogP contribution in [-0.2, 0) is 0 Å². The molecular formula is C14H13NO2. The van der Waals surface area contributed by atoms with Crippen molar-refractivity contribution >= 4 is 6.29 Å². The summed E-state index contributed by atoms with van der Waals surface area (Å²) in [5, 5.41) is 0. The molecule has 3 heteroatoms. The Labute approximate surface area is 100 Å². The maximum absolute atomic E-state index is 10.7. The summed E-state index contributed by atoms with van der Waals surface area (Å²) in [5.74, 6) is 1.35. The topological polar surface area (TPSA) is 39.2 Å². The fourth-order valence-electron chi connectivity index (χ4n) is 1.44. The Morgan fingerprint density at radius 3 is 2.65 bits per heavy atom. The second-order valence-electron chi connectivity index (χ2n) is 3.88. The van der Waals surface area contributed by atoms with Gasteiger partial charge in [0.2, 0.25) is 0 Å². The van der Waals surface area contributed by atoms with Gasteiger partial charge < -0.3 is 4.74 Å². The van der Waals surface area contributed by atoms with E-state index in [1.165, 1.54) is 0 Å². The number of pyridine rings is 1. The van der Waals surface area contributed by atoms with Crippen molar-refractivity contribution in [1.82, 2.24) is 4.98 Å². The predicted molar refractivity (Wildman–Crippen MR) is 65.6 cm³/mol. The van der Waals surface area contributed by atoms with Gasteiger partial charge in [-0.1, -0.05) is 12.1 Å². The van der Waals surface area contributed by atoms with Crippen LogP contribution in [0.25, 0.3) is 0 Å². The molecule has 3 nitrogen and oxygen atoms in total. The molecular weight excluding hydrogens is 214 g/mol. The monoisotopic (exact) mass is 227 g/mol. The third-order valence-electron chi connectivity index (χ3n) is 2.46. The molecule has 0 bridgehead atoms. The minimum Gasteiger partial charge on any atom is -0.455 e. The van der Waals surface area contributed by atoms with Gasteiger partial charge in [0.05, 0.1) is 6.20 Å². The fraction of sp³-hybridized carbons (Fsp3) is 0.143. The Balaban J connectivity index is 2.28. The number of rotatable bonds is 3. The van der Waals surface area contributed by atoms with E-state index in [-0.39, 0.29) is 0 Å². The highest BCUT2D eigenvalue weighted by molar-refractivity contribution is 5.75. The summed E-state index contributed by atoms with van der Waals surface area (Å²) in [6.45, 7) is 3.85. The Morgan fingerprint density at radius 2 is 2.00 bits per heavy atom. The second kappa shape index (κ2) is 4.78. The molecule has 1 aromatic carbocycles. The number of aryl methyl sites for hydroxylation is 2. The van der Waals surface area contributed by atoms with Gasteiger partial charge in [-0.05, 0) is 37.6 Å². The number of hydrogen-bond donors (Lipinski definition) is 0. The van der Waals surface area contributed by atoms with Crippen molar-refractivity contribution in [2.75, 3.05) is 0 Å². The number of nitrogens with zero attached hydrogens (tertiary/aromatic N) is 1. The van der Waals surface area contributed by atoms with Crippen LogP contribution < -0.4 is 4.74 Å². The van der Waals surface area contributed by atoms with Crippen LogP contribution >= 0.6 is 0 Å². The molecule has 0 aliphatic carbocycles. The van der Waals surface area contributed by atoms with Crippen molar-refractivity contribution < 1.29 is 9.53 Å². The van der Waals surface area contributed by atoms with Crippen LogP contribution in [0.2, 0.25) is 0 Å². The van der Waals surface area contributed by atoms with Gasteiger partial charge in [-0.25, -0.2) is 0 Å². The molecule has 0 unspecified atom stereocenters. The molecule has 86 valence electrons. The van der Waals surface area contributed by atoms with Crippen molar-refractivity contribution in [3.63, 3.8) is 0 Å². The van der Waals surface area contributed by atoms with Crippen LogP contribution in [0.15, 0.2) is 36.5 Å². The molecule has 1 aromatic heterocycles. The molecule has 0 atom stereocenters. The highest BCUT2D eigenvalue weighted by atomic mass is 16.5. The Kier molecular flexibility index (Phi) is 3.19. The molecule has 0 fully saturated rings. The van der Waals surface area contributed by atoms with Crippen LogP contribution in [0.1, 0.15) is 21.6 Å². The second-order valence-corrected chi connectivity index (χ2v) is 3.88. The average molecular weight is 227 g/mol. The number of carbonyl (C=O) groups excluding carboxylic acids is 1. The molecule has 0 N–H and O–H groups in total. The summed E-state index contributed by atoms with van der Waals surface area (Å²) in [5.41, 5.74) is 2.53. The normalized spacial score (nSPS) is 10.0. The zero-order chi connectivity index (χ0) is 12.3. The quantitative estimate of drug-likeness (QED) is 0.755. The first-order valence-corrected chi connectivity index (χ1v) is 5.35. The molecule has 0 aliphatic rings.